The highest BCUT2D eigenvalue weighted by molar-refractivity contribution is 7.89. The Labute approximate surface area is 118 Å². The zero-order valence-corrected chi connectivity index (χ0v) is 12.3. The standard InChI is InChI=1S/C13H18FN3O2S/c1-10(2)9-17(7-3-6-15)20(18,19)11-4-5-12(14)13(16)8-11/h4-5,8,10H,3,7,9,16H2,1-2H3. The minimum absolute atomic E-state index is 0.0602. The first-order chi connectivity index (χ1) is 9.28. The first-order valence-corrected chi connectivity index (χ1v) is 7.65. The van der Waals surface area contributed by atoms with Gasteiger partial charge in [-0.3, -0.25) is 0 Å². The molecule has 0 radical (unpaired) electrons. The molecule has 0 saturated heterocycles. The molecule has 20 heavy (non-hydrogen) atoms. The van der Waals surface area contributed by atoms with Crippen LogP contribution in [0.5, 0.6) is 0 Å². The molecule has 5 nitrogen and oxygen atoms in total. The van der Waals surface area contributed by atoms with E-state index in [1.165, 1.54) is 10.4 Å². The van der Waals surface area contributed by atoms with Crippen LogP contribution >= 0.6 is 0 Å². The lowest BCUT2D eigenvalue weighted by atomic mass is 10.2. The molecule has 2 N–H and O–H groups in total. The van der Waals surface area contributed by atoms with Crippen LogP contribution in [0.3, 0.4) is 0 Å². The Kier molecular flexibility index (Phi) is 5.48. The van der Waals surface area contributed by atoms with E-state index in [1.54, 1.807) is 0 Å². The molecule has 1 aromatic rings. The Hall–Kier alpha value is -1.65. The van der Waals surface area contributed by atoms with Gasteiger partial charge in [0, 0.05) is 19.5 Å². The van der Waals surface area contributed by atoms with Crippen LogP contribution in [-0.4, -0.2) is 25.8 Å². The molecule has 0 aromatic heterocycles. The van der Waals surface area contributed by atoms with E-state index in [2.05, 4.69) is 0 Å². The second-order valence-corrected chi connectivity index (χ2v) is 6.79. The van der Waals surface area contributed by atoms with Crippen LogP contribution in [0.4, 0.5) is 10.1 Å². The number of rotatable bonds is 6. The number of hydrogen-bond donors (Lipinski definition) is 1. The fourth-order valence-corrected chi connectivity index (χ4v) is 3.36. The van der Waals surface area contributed by atoms with Crippen LogP contribution in [0.1, 0.15) is 20.3 Å². The first kappa shape index (κ1) is 16.4. The molecule has 0 bridgehead atoms. The van der Waals surface area contributed by atoms with E-state index in [-0.39, 0.29) is 29.5 Å². The first-order valence-electron chi connectivity index (χ1n) is 6.21. The third kappa shape index (κ3) is 3.92. The van der Waals surface area contributed by atoms with E-state index in [0.717, 1.165) is 12.1 Å². The number of anilines is 1. The topological polar surface area (TPSA) is 87.2 Å². The Balaban J connectivity index is 3.14. The van der Waals surface area contributed by atoms with Gasteiger partial charge in [-0.25, -0.2) is 12.8 Å². The van der Waals surface area contributed by atoms with Gasteiger partial charge in [-0.1, -0.05) is 13.8 Å². The third-order valence-electron chi connectivity index (χ3n) is 2.65. The molecular weight excluding hydrogens is 281 g/mol. The number of hydrogen-bond acceptors (Lipinski definition) is 4. The van der Waals surface area contributed by atoms with Gasteiger partial charge in [-0.05, 0) is 24.1 Å². The molecular formula is C13H18FN3O2S. The fourth-order valence-electron chi connectivity index (χ4n) is 1.72. The summed E-state index contributed by atoms with van der Waals surface area (Å²) in [5, 5.41) is 8.62. The van der Waals surface area contributed by atoms with Gasteiger partial charge in [-0.2, -0.15) is 9.57 Å². The highest BCUT2D eigenvalue weighted by Gasteiger charge is 2.25. The quantitative estimate of drug-likeness (QED) is 0.813. The van der Waals surface area contributed by atoms with E-state index < -0.39 is 15.8 Å². The maximum Gasteiger partial charge on any atom is 0.243 e. The highest BCUT2D eigenvalue weighted by Crippen LogP contribution is 2.21. The summed E-state index contributed by atoms with van der Waals surface area (Å²) in [5.74, 6) is -0.544. The molecule has 0 spiro atoms. The van der Waals surface area contributed by atoms with Crippen molar-refractivity contribution in [3.63, 3.8) is 0 Å². The van der Waals surface area contributed by atoms with Crippen molar-refractivity contribution in [3.05, 3.63) is 24.0 Å². The summed E-state index contributed by atoms with van der Waals surface area (Å²) in [6, 6.07) is 5.24. The second-order valence-electron chi connectivity index (χ2n) is 4.85. The van der Waals surface area contributed by atoms with Crippen molar-refractivity contribution in [3.8, 4) is 6.07 Å². The van der Waals surface area contributed by atoms with Crippen molar-refractivity contribution >= 4 is 15.7 Å². The van der Waals surface area contributed by atoms with Crippen LogP contribution in [0.2, 0.25) is 0 Å². The van der Waals surface area contributed by atoms with Gasteiger partial charge in [0.15, 0.2) is 0 Å². The van der Waals surface area contributed by atoms with Gasteiger partial charge in [-0.15, -0.1) is 0 Å². The van der Waals surface area contributed by atoms with Crippen molar-refractivity contribution in [1.29, 1.82) is 5.26 Å². The smallest absolute Gasteiger partial charge is 0.243 e. The van der Waals surface area contributed by atoms with Crippen LogP contribution in [0.15, 0.2) is 23.1 Å². The molecule has 0 amide bonds. The average molecular weight is 299 g/mol. The molecule has 0 saturated carbocycles. The molecule has 0 fully saturated rings. The van der Waals surface area contributed by atoms with Crippen molar-refractivity contribution in [1.82, 2.24) is 4.31 Å². The van der Waals surface area contributed by atoms with E-state index >= 15 is 0 Å². The molecule has 0 aliphatic carbocycles. The molecule has 1 rings (SSSR count). The summed E-state index contributed by atoms with van der Waals surface area (Å²) in [4.78, 5) is -0.0602. The zero-order chi connectivity index (χ0) is 15.3. The zero-order valence-electron chi connectivity index (χ0n) is 11.5. The lowest BCUT2D eigenvalue weighted by molar-refractivity contribution is 0.373. The molecule has 0 atom stereocenters. The molecule has 1 aromatic carbocycles. The third-order valence-corrected chi connectivity index (χ3v) is 4.51. The lowest BCUT2D eigenvalue weighted by Crippen LogP contribution is -2.35. The minimum Gasteiger partial charge on any atom is -0.396 e. The van der Waals surface area contributed by atoms with Crippen LogP contribution in [0, 0.1) is 23.1 Å². The Morgan fingerprint density at radius 2 is 2.10 bits per heavy atom. The van der Waals surface area contributed by atoms with Gasteiger partial charge < -0.3 is 5.73 Å². The lowest BCUT2D eigenvalue weighted by Gasteiger charge is -2.23. The second kappa shape index (κ2) is 6.68. The molecule has 110 valence electrons. The van der Waals surface area contributed by atoms with Crippen molar-refractivity contribution in [2.45, 2.75) is 25.2 Å². The molecule has 0 aliphatic rings. The Morgan fingerprint density at radius 1 is 1.45 bits per heavy atom. The van der Waals surface area contributed by atoms with Gasteiger partial charge in [0.1, 0.15) is 5.82 Å². The molecule has 0 unspecified atom stereocenters. The average Bonchev–Trinajstić information content (AvgIpc) is 2.37. The summed E-state index contributed by atoms with van der Waals surface area (Å²) < 4.78 is 39.3. The number of halogens is 1. The normalized spacial score (nSPS) is 11.8. The minimum atomic E-state index is -3.77. The molecule has 0 heterocycles. The number of nitrogens with two attached hydrogens (primary N) is 1. The molecule has 0 aliphatic heterocycles. The fraction of sp³-hybridized carbons (Fsp3) is 0.462. The number of nitriles is 1. The molecule has 7 heteroatoms. The number of benzene rings is 1. The number of sulfonamides is 1. The van der Waals surface area contributed by atoms with Gasteiger partial charge in [0.25, 0.3) is 0 Å². The maximum absolute atomic E-state index is 13.1. The summed E-state index contributed by atoms with van der Waals surface area (Å²) in [6.45, 7) is 4.16. The van der Waals surface area contributed by atoms with Crippen molar-refractivity contribution < 1.29 is 12.8 Å². The van der Waals surface area contributed by atoms with Gasteiger partial charge >= 0.3 is 0 Å². The largest absolute Gasteiger partial charge is 0.396 e. The Morgan fingerprint density at radius 3 is 2.60 bits per heavy atom. The van der Waals surface area contributed by atoms with E-state index in [4.69, 9.17) is 11.0 Å². The maximum atomic E-state index is 13.1. The highest BCUT2D eigenvalue weighted by atomic mass is 32.2. The van der Waals surface area contributed by atoms with E-state index in [9.17, 15) is 12.8 Å². The number of nitrogen functional groups attached to an aromatic ring is 1. The SMILES string of the molecule is CC(C)CN(CCC#N)S(=O)(=O)c1ccc(F)c(N)c1. The van der Waals surface area contributed by atoms with E-state index in [1.807, 2.05) is 19.9 Å². The predicted molar refractivity (Wildman–Crippen MR) is 74.6 cm³/mol. The summed E-state index contributed by atoms with van der Waals surface area (Å²) in [6.07, 6.45) is 0.0998. The van der Waals surface area contributed by atoms with E-state index in [0.29, 0.717) is 6.54 Å². The van der Waals surface area contributed by atoms with Crippen LogP contribution in [-0.2, 0) is 10.0 Å². The summed E-state index contributed by atoms with van der Waals surface area (Å²) >= 11 is 0. The van der Waals surface area contributed by atoms with Crippen molar-refractivity contribution in [2.75, 3.05) is 18.8 Å². The number of nitrogens with zero attached hydrogens (tertiary/aromatic N) is 2. The van der Waals surface area contributed by atoms with Crippen LogP contribution < -0.4 is 5.73 Å². The van der Waals surface area contributed by atoms with Crippen LogP contribution in [0.25, 0.3) is 0 Å². The summed E-state index contributed by atoms with van der Waals surface area (Å²) in [7, 11) is -3.77. The summed E-state index contributed by atoms with van der Waals surface area (Å²) in [5.41, 5.74) is 5.20. The van der Waals surface area contributed by atoms with Gasteiger partial charge in [0.2, 0.25) is 10.0 Å². The van der Waals surface area contributed by atoms with Crippen molar-refractivity contribution in [2.24, 2.45) is 5.92 Å². The Bertz CT molecular complexity index is 609. The van der Waals surface area contributed by atoms with Gasteiger partial charge in [0.05, 0.1) is 16.7 Å². The monoisotopic (exact) mass is 299 g/mol. The predicted octanol–water partition coefficient (Wildman–Crippen LogP) is 1.97.